The summed E-state index contributed by atoms with van der Waals surface area (Å²) in [6.45, 7) is 0. The SMILES string of the molecule is [2H]c1c([2H])c([2H])c2c(c1[2H])c([2H])c([2H])c1oc3cc(-c4c5ccccc5cc5ccccc45)ccc3c12. The van der Waals surface area contributed by atoms with Crippen LogP contribution < -0.4 is 0 Å². The second kappa shape index (κ2) is 6.20. The lowest BCUT2D eigenvalue weighted by molar-refractivity contribution is 0.669. The minimum absolute atomic E-state index is 0.0373. The summed E-state index contributed by atoms with van der Waals surface area (Å²) >= 11 is 0. The van der Waals surface area contributed by atoms with Crippen LogP contribution in [0.5, 0.6) is 0 Å². The largest absolute Gasteiger partial charge is 0.456 e. The van der Waals surface area contributed by atoms with Crippen LogP contribution in [0.2, 0.25) is 0 Å². The molecule has 0 unspecified atom stereocenters. The van der Waals surface area contributed by atoms with Crippen molar-refractivity contribution in [3.05, 3.63) is 109 Å². The van der Waals surface area contributed by atoms with E-state index < -0.39 is 6.04 Å². The zero-order chi connectivity index (χ0) is 25.6. The van der Waals surface area contributed by atoms with Crippen molar-refractivity contribution in [2.24, 2.45) is 0 Å². The Kier molecular flexibility index (Phi) is 2.38. The third-order valence-electron chi connectivity index (χ3n) is 5.99. The van der Waals surface area contributed by atoms with E-state index in [0.717, 1.165) is 32.7 Å². The molecule has 0 N–H and O–H groups in total. The molecule has 0 spiro atoms. The van der Waals surface area contributed by atoms with E-state index in [-0.39, 0.29) is 46.6 Å². The van der Waals surface area contributed by atoms with Gasteiger partial charge in [-0.25, -0.2) is 0 Å². The molecule has 0 bridgehead atoms. The number of furan rings is 1. The third kappa shape index (κ3) is 2.38. The second-order valence-corrected chi connectivity index (χ2v) is 7.71. The van der Waals surface area contributed by atoms with Crippen LogP contribution in [0, 0.1) is 0 Å². The Morgan fingerprint density at radius 3 is 2.10 bits per heavy atom. The second-order valence-electron chi connectivity index (χ2n) is 7.71. The highest BCUT2D eigenvalue weighted by Gasteiger charge is 2.14. The fourth-order valence-corrected chi connectivity index (χ4v) is 4.63. The maximum absolute atomic E-state index is 8.59. The molecular formula is C30H18O. The summed E-state index contributed by atoms with van der Waals surface area (Å²) in [5.41, 5.74) is 2.65. The van der Waals surface area contributed by atoms with Gasteiger partial charge in [0.05, 0.1) is 8.22 Å². The van der Waals surface area contributed by atoms with E-state index in [1.54, 1.807) is 0 Å². The first-order chi connectivity index (χ1) is 17.9. The Morgan fingerprint density at radius 1 is 0.548 bits per heavy atom. The summed E-state index contributed by atoms with van der Waals surface area (Å²) in [7, 11) is 0. The summed E-state index contributed by atoms with van der Waals surface area (Å²) in [6, 6.07) is 22.6. The molecule has 0 aliphatic carbocycles. The molecule has 0 fully saturated rings. The normalized spacial score (nSPS) is 14.6. The number of hydrogen-bond acceptors (Lipinski definition) is 1. The Bertz CT molecular complexity index is 2050. The van der Waals surface area contributed by atoms with E-state index in [1.807, 2.05) is 42.5 Å². The van der Waals surface area contributed by atoms with Gasteiger partial charge < -0.3 is 4.42 Å². The van der Waals surface area contributed by atoms with Gasteiger partial charge in [-0.05, 0) is 67.7 Å². The van der Waals surface area contributed by atoms with Crippen LogP contribution in [0.4, 0.5) is 0 Å². The van der Waals surface area contributed by atoms with Crippen LogP contribution in [0.15, 0.2) is 113 Å². The Balaban J connectivity index is 1.63. The van der Waals surface area contributed by atoms with E-state index in [1.165, 1.54) is 0 Å². The topological polar surface area (TPSA) is 13.1 Å². The first-order valence-electron chi connectivity index (χ1n) is 13.1. The van der Waals surface area contributed by atoms with Gasteiger partial charge in [-0.2, -0.15) is 0 Å². The highest BCUT2D eigenvalue weighted by atomic mass is 16.3. The standard InChI is InChI=1S/C30H18O/c1-4-10-23-19(7-1)14-16-27-30(23)26-15-13-22(18-28(26)31-27)29-24-11-5-2-8-20(24)17-21-9-3-6-12-25(21)29/h1-18H/i1D,4D,7D,10D,14D,16D. The van der Waals surface area contributed by atoms with Crippen molar-refractivity contribution in [3.63, 3.8) is 0 Å². The van der Waals surface area contributed by atoms with Gasteiger partial charge in [-0.15, -0.1) is 0 Å². The Morgan fingerprint density at radius 2 is 1.29 bits per heavy atom. The van der Waals surface area contributed by atoms with Gasteiger partial charge in [0.2, 0.25) is 0 Å². The predicted octanol–water partition coefficient (Wildman–Crippen LogP) is 8.71. The summed E-state index contributed by atoms with van der Waals surface area (Å²) in [6.07, 6.45) is 0. The van der Waals surface area contributed by atoms with Crippen molar-refractivity contribution in [1.82, 2.24) is 0 Å². The van der Waals surface area contributed by atoms with Crippen LogP contribution in [-0.2, 0) is 0 Å². The quantitative estimate of drug-likeness (QED) is 0.251. The average molecular weight is 401 g/mol. The number of benzene rings is 6. The van der Waals surface area contributed by atoms with Gasteiger partial charge in [0.25, 0.3) is 0 Å². The first kappa shape index (κ1) is 11.9. The monoisotopic (exact) mass is 400 g/mol. The van der Waals surface area contributed by atoms with Crippen molar-refractivity contribution < 1.29 is 12.6 Å². The summed E-state index contributed by atoms with van der Waals surface area (Å²) in [4.78, 5) is 0. The third-order valence-corrected chi connectivity index (χ3v) is 5.99. The minimum Gasteiger partial charge on any atom is -0.456 e. The molecule has 1 aromatic heterocycles. The molecule has 6 aromatic carbocycles. The molecule has 1 heterocycles. The van der Waals surface area contributed by atoms with E-state index in [9.17, 15) is 0 Å². The van der Waals surface area contributed by atoms with Crippen molar-refractivity contribution in [3.8, 4) is 11.1 Å². The smallest absolute Gasteiger partial charge is 0.136 e. The van der Waals surface area contributed by atoms with Gasteiger partial charge in [-0.1, -0.05) is 84.8 Å². The molecule has 0 radical (unpaired) electrons. The highest BCUT2D eigenvalue weighted by Crippen LogP contribution is 2.40. The van der Waals surface area contributed by atoms with Gasteiger partial charge in [-0.3, -0.25) is 0 Å². The van der Waals surface area contributed by atoms with Crippen LogP contribution in [0.1, 0.15) is 8.22 Å². The van der Waals surface area contributed by atoms with Gasteiger partial charge in [0.15, 0.2) is 0 Å². The molecule has 0 aliphatic rings. The van der Waals surface area contributed by atoms with Crippen molar-refractivity contribution in [2.45, 2.75) is 0 Å². The maximum atomic E-state index is 8.59. The van der Waals surface area contributed by atoms with E-state index in [4.69, 9.17) is 12.6 Å². The number of fused-ring (bicyclic) bond motifs is 7. The average Bonchev–Trinajstić information content (AvgIpc) is 3.30. The Labute approximate surface area is 187 Å². The molecule has 1 nitrogen and oxygen atoms in total. The zero-order valence-corrected chi connectivity index (χ0v) is 16.3. The molecule has 0 aliphatic heterocycles. The summed E-state index contributed by atoms with van der Waals surface area (Å²) < 4.78 is 56.5. The summed E-state index contributed by atoms with van der Waals surface area (Å²) in [5, 5.41) is 5.78. The lowest BCUT2D eigenvalue weighted by atomic mass is 9.91. The summed E-state index contributed by atoms with van der Waals surface area (Å²) in [5.74, 6) is 0. The molecule has 0 saturated heterocycles. The van der Waals surface area contributed by atoms with Crippen molar-refractivity contribution in [2.75, 3.05) is 0 Å². The fraction of sp³-hybridized carbons (Fsp3) is 0. The molecular weight excluding hydrogens is 376 g/mol. The molecule has 7 rings (SSSR count). The van der Waals surface area contributed by atoms with Crippen LogP contribution in [0.25, 0.3) is 65.4 Å². The molecule has 7 aromatic rings. The first-order valence-corrected chi connectivity index (χ1v) is 10.1. The number of hydrogen-bond donors (Lipinski definition) is 0. The number of rotatable bonds is 1. The maximum Gasteiger partial charge on any atom is 0.136 e. The minimum atomic E-state index is -0.414. The molecule has 1 heteroatoms. The van der Waals surface area contributed by atoms with Gasteiger partial charge in [0.1, 0.15) is 11.2 Å². The molecule has 144 valence electrons. The van der Waals surface area contributed by atoms with Crippen LogP contribution in [-0.4, -0.2) is 0 Å². The molecule has 0 saturated carbocycles. The van der Waals surface area contributed by atoms with E-state index >= 15 is 0 Å². The van der Waals surface area contributed by atoms with E-state index in [2.05, 4.69) is 30.3 Å². The lowest BCUT2D eigenvalue weighted by Gasteiger charge is -2.12. The van der Waals surface area contributed by atoms with Gasteiger partial charge in [0, 0.05) is 10.8 Å². The molecule has 0 atom stereocenters. The predicted molar refractivity (Wildman–Crippen MR) is 132 cm³/mol. The Hall–Kier alpha value is -4.10. The van der Waals surface area contributed by atoms with Gasteiger partial charge >= 0.3 is 0 Å². The van der Waals surface area contributed by atoms with Crippen LogP contribution in [0.3, 0.4) is 0 Å². The van der Waals surface area contributed by atoms with Crippen molar-refractivity contribution >= 4 is 54.3 Å². The fourth-order valence-electron chi connectivity index (χ4n) is 4.63. The lowest BCUT2D eigenvalue weighted by Crippen LogP contribution is -1.85. The molecule has 31 heavy (non-hydrogen) atoms. The highest BCUT2D eigenvalue weighted by molar-refractivity contribution is 6.20. The zero-order valence-electron chi connectivity index (χ0n) is 22.3. The van der Waals surface area contributed by atoms with Crippen LogP contribution >= 0.6 is 0 Å². The molecule has 0 amide bonds. The van der Waals surface area contributed by atoms with Crippen molar-refractivity contribution in [1.29, 1.82) is 0 Å². The van der Waals surface area contributed by atoms with E-state index in [0.29, 0.717) is 16.4 Å².